The first-order chi connectivity index (χ1) is 9.89. The lowest BCUT2D eigenvalue weighted by molar-refractivity contribution is -0.128. The molecule has 21 heavy (non-hydrogen) atoms. The minimum absolute atomic E-state index is 0.0480. The van der Waals surface area contributed by atoms with Gasteiger partial charge in [0, 0.05) is 26.9 Å². The first-order valence-electron chi connectivity index (χ1n) is 7.19. The van der Waals surface area contributed by atoms with E-state index in [1.165, 1.54) is 11.1 Å². The van der Waals surface area contributed by atoms with Crippen LogP contribution in [0.15, 0.2) is 21.1 Å². The van der Waals surface area contributed by atoms with Crippen LogP contribution in [-0.4, -0.2) is 16.8 Å². The van der Waals surface area contributed by atoms with Gasteiger partial charge in [-0.3, -0.25) is 4.79 Å². The van der Waals surface area contributed by atoms with Gasteiger partial charge in [0.2, 0.25) is 0 Å². The average Bonchev–Trinajstić information content (AvgIpc) is 3.18. The summed E-state index contributed by atoms with van der Waals surface area (Å²) in [6.45, 7) is 4.84. The van der Waals surface area contributed by atoms with E-state index in [-0.39, 0.29) is 17.4 Å². The minimum atomic E-state index is -0.0480. The Labute approximate surface area is 142 Å². The van der Waals surface area contributed by atoms with Gasteiger partial charge in [0.15, 0.2) is 0 Å². The topological polar surface area (TPSA) is 20.3 Å². The van der Waals surface area contributed by atoms with E-state index in [2.05, 4.69) is 63.6 Å². The first-order valence-corrected chi connectivity index (χ1v) is 8.78. The lowest BCUT2D eigenvalue weighted by Crippen LogP contribution is -2.42. The normalized spacial score (nSPS) is 22.1. The Bertz CT molecular complexity index is 667. The molecule has 2 nitrogen and oxygen atoms in total. The van der Waals surface area contributed by atoms with Crippen molar-refractivity contribution >= 4 is 37.8 Å². The van der Waals surface area contributed by atoms with Crippen LogP contribution in [0.3, 0.4) is 0 Å². The maximum Gasteiger partial charge on any atom is 0.299 e. The van der Waals surface area contributed by atoms with E-state index in [9.17, 15) is 4.79 Å². The molecule has 4 heteroatoms. The fraction of sp³-hybridized carbons (Fsp3) is 0.471. The fourth-order valence-corrected chi connectivity index (χ4v) is 3.65. The van der Waals surface area contributed by atoms with Crippen molar-refractivity contribution in [2.24, 2.45) is 5.41 Å². The molecule has 0 aromatic heterocycles. The Balaban J connectivity index is 1.86. The molecule has 1 atom stereocenters. The molecule has 110 valence electrons. The number of rotatable bonds is 0. The summed E-state index contributed by atoms with van der Waals surface area (Å²) in [6, 6.07) is 4.26. The number of nitrogens with zero attached hydrogens (tertiary/aromatic N) is 1. The summed E-state index contributed by atoms with van der Waals surface area (Å²) in [5.74, 6) is 5.95. The van der Waals surface area contributed by atoms with Crippen molar-refractivity contribution < 1.29 is 4.79 Å². The zero-order chi connectivity index (χ0) is 15.2. The molecule has 1 aromatic carbocycles. The summed E-state index contributed by atoms with van der Waals surface area (Å²) in [5.41, 5.74) is 2.58. The van der Waals surface area contributed by atoms with Crippen LogP contribution < -0.4 is 0 Å². The van der Waals surface area contributed by atoms with Crippen molar-refractivity contribution in [1.29, 1.82) is 0 Å². The molecule has 1 fully saturated rings. The molecule has 2 aliphatic rings. The second-order valence-electron chi connectivity index (χ2n) is 6.28. The smallest absolute Gasteiger partial charge is 0.299 e. The number of fused-ring (bicyclic) bond motifs is 1. The Kier molecular flexibility index (Phi) is 3.92. The summed E-state index contributed by atoms with van der Waals surface area (Å²) in [7, 11) is 0. The van der Waals surface area contributed by atoms with E-state index in [4.69, 9.17) is 0 Å². The van der Waals surface area contributed by atoms with Crippen LogP contribution in [0, 0.1) is 17.3 Å². The van der Waals surface area contributed by atoms with Gasteiger partial charge < -0.3 is 4.90 Å². The second kappa shape index (κ2) is 5.44. The summed E-state index contributed by atoms with van der Waals surface area (Å²) in [4.78, 5) is 14.3. The lowest BCUT2D eigenvalue weighted by atomic mass is 9.94. The van der Waals surface area contributed by atoms with Gasteiger partial charge in [-0.1, -0.05) is 37.8 Å². The number of carbonyl (C=O) groups is 1. The predicted octanol–water partition coefficient (Wildman–Crippen LogP) is 4.29. The SMILES string of the molecule is CC1Cc2c(Br)ccc(Br)c2CN1C(=O)C#CC1(C)CC1. The lowest BCUT2D eigenvalue weighted by Gasteiger charge is -2.34. The van der Waals surface area contributed by atoms with E-state index in [0.29, 0.717) is 6.54 Å². The molecule has 0 radical (unpaired) electrons. The fourth-order valence-electron chi connectivity index (χ4n) is 2.62. The van der Waals surface area contributed by atoms with E-state index in [0.717, 1.165) is 28.2 Å². The van der Waals surface area contributed by atoms with Gasteiger partial charge in [-0.25, -0.2) is 0 Å². The molecular formula is C17H17Br2NO. The van der Waals surface area contributed by atoms with Gasteiger partial charge in [-0.05, 0) is 62.3 Å². The number of halogens is 2. The molecule has 1 unspecified atom stereocenters. The van der Waals surface area contributed by atoms with Crippen LogP contribution >= 0.6 is 31.9 Å². The zero-order valence-corrected chi connectivity index (χ0v) is 15.3. The summed E-state index contributed by atoms with van der Waals surface area (Å²) in [6.07, 6.45) is 3.09. The molecule has 1 amide bonds. The zero-order valence-electron chi connectivity index (χ0n) is 12.2. The quantitative estimate of drug-likeness (QED) is 0.584. The van der Waals surface area contributed by atoms with Gasteiger partial charge in [0.25, 0.3) is 5.91 Å². The van der Waals surface area contributed by atoms with Crippen LogP contribution in [0.4, 0.5) is 0 Å². The van der Waals surface area contributed by atoms with Crippen molar-refractivity contribution in [2.45, 2.75) is 45.7 Å². The highest BCUT2D eigenvalue weighted by Crippen LogP contribution is 2.44. The Morgan fingerprint density at radius 2 is 1.90 bits per heavy atom. The summed E-state index contributed by atoms with van der Waals surface area (Å²) >= 11 is 7.21. The van der Waals surface area contributed by atoms with Crippen molar-refractivity contribution in [1.82, 2.24) is 4.90 Å². The van der Waals surface area contributed by atoms with Gasteiger partial charge in [-0.15, -0.1) is 0 Å². The molecule has 1 saturated carbocycles. The number of hydrogen-bond acceptors (Lipinski definition) is 1. The van der Waals surface area contributed by atoms with E-state index >= 15 is 0 Å². The monoisotopic (exact) mass is 409 g/mol. The van der Waals surface area contributed by atoms with Crippen molar-refractivity contribution in [3.8, 4) is 11.8 Å². The predicted molar refractivity (Wildman–Crippen MR) is 90.7 cm³/mol. The van der Waals surface area contributed by atoms with Gasteiger partial charge in [0.05, 0.1) is 0 Å². The summed E-state index contributed by atoms with van der Waals surface area (Å²) in [5, 5.41) is 0. The molecule has 0 N–H and O–H groups in total. The molecule has 3 rings (SSSR count). The third-order valence-electron chi connectivity index (χ3n) is 4.41. The highest BCUT2D eigenvalue weighted by molar-refractivity contribution is 9.11. The van der Waals surface area contributed by atoms with Gasteiger partial charge in [0.1, 0.15) is 0 Å². The Hall–Kier alpha value is -0.790. The molecule has 1 aliphatic heterocycles. The third kappa shape index (κ3) is 3.05. The standard InChI is InChI=1S/C17H17Br2NO/c1-11-9-12-13(15(19)4-3-14(12)18)10-20(11)16(21)5-6-17(2)7-8-17/h3-4,11H,7-10H2,1-2H3. The largest absolute Gasteiger partial charge is 0.324 e. The molecule has 1 aliphatic carbocycles. The second-order valence-corrected chi connectivity index (χ2v) is 7.99. The molecular weight excluding hydrogens is 394 g/mol. The van der Waals surface area contributed by atoms with Crippen LogP contribution in [0.25, 0.3) is 0 Å². The molecule has 1 heterocycles. The van der Waals surface area contributed by atoms with E-state index in [1.807, 2.05) is 11.0 Å². The maximum absolute atomic E-state index is 12.4. The van der Waals surface area contributed by atoms with Crippen molar-refractivity contribution in [3.63, 3.8) is 0 Å². The van der Waals surface area contributed by atoms with E-state index in [1.54, 1.807) is 0 Å². The minimum Gasteiger partial charge on any atom is -0.324 e. The number of amides is 1. The number of benzene rings is 1. The van der Waals surface area contributed by atoms with Crippen LogP contribution in [0.1, 0.15) is 37.8 Å². The van der Waals surface area contributed by atoms with Crippen LogP contribution in [-0.2, 0) is 17.8 Å². The Morgan fingerprint density at radius 1 is 1.29 bits per heavy atom. The highest BCUT2D eigenvalue weighted by atomic mass is 79.9. The molecule has 0 saturated heterocycles. The van der Waals surface area contributed by atoms with Gasteiger partial charge in [-0.2, -0.15) is 0 Å². The molecule has 1 aromatic rings. The summed E-state index contributed by atoms with van der Waals surface area (Å²) < 4.78 is 2.18. The molecule has 0 spiro atoms. The van der Waals surface area contributed by atoms with Crippen molar-refractivity contribution in [2.75, 3.05) is 0 Å². The van der Waals surface area contributed by atoms with Crippen LogP contribution in [0.2, 0.25) is 0 Å². The highest BCUT2D eigenvalue weighted by Gasteiger charge is 2.36. The number of carbonyl (C=O) groups excluding carboxylic acids is 1. The molecule has 0 bridgehead atoms. The Morgan fingerprint density at radius 3 is 2.52 bits per heavy atom. The van der Waals surface area contributed by atoms with Gasteiger partial charge >= 0.3 is 0 Å². The maximum atomic E-state index is 12.4. The van der Waals surface area contributed by atoms with Crippen LogP contribution in [0.5, 0.6) is 0 Å². The third-order valence-corrected chi connectivity index (χ3v) is 5.89. The van der Waals surface area contributed by atoms with Crippen molar-refractivity contribution in [3.05, 3.63) is 32.2 Å². The number of hydrogen-bond donors (Lipinski definition) is 0. The first kappa shape index (κ1) is 15.1. The van der Waals surface area contributed by atoms with E-state index < -0.39 is 0 Å². The average molecular weight is 411 g/mol.